The normalized spacial score (nSPS) is 17.4. The van der Waals surface area contributed by atoms with Gasteiger partial charge in [-0.05, 0) is 38.8 Å². The summed E-state index contributed by atoms with van der Waals surface area (Å²) in [5.74, 6) is 0. The first-order valence-corrected chi connectivity index (χ1v) is 5.33. The van der Waals surface area contributed by atoms with E-state index in [0.29, 0.717) is 0 Å². The van der Waals surface area contributed by atoms with E-state index in [1.54, 1.807) is 0 Å². The van der Waals surface area contributed by atoms with E-state index >= 15 is 0 Å². The summed E-state index contributed by atoms with van der Waals surface area (Å²) in [6.45, 7) is 6.92. The van der Waals surface area contributed by atoms with Crippen molar-refractivity contribution in [2.24, 2.45) is 0 Å². The number of halogens is 2. The average molecular weight is 243 g/mol. The molecule has 4 heteroatoms. The van der Waals surface area contributed by atoms with Gasteiger partial charge in [-0.25, -0.2) is 0 Å². The summed E-state index contributed by atoms with van der Waals surface area (Å²) >= 11 is 0. The second kappa shape index (κ2) is 10.0. The van der Waals surface area contributed by atoms with Gasteiger partial charge in [-0.2, -0.15) is 0 Å². The van der Waals surface area contributed by atoms with E-state index in [9.17, 15) is 0 Å². The van der Waals surface area contributed by atoms with Gasteiger partial charge in [-0.1, -0.05) is 13.8 Å². The van der Waals surface area contributed by atoms with Crippen molar-refractivity contribution in [1.29, 1.82) is 0 Å². The summed E-state index contributed by atoms with van der Waals surface area (Å²) in [6, 6.07) is 1.52. The Morgan fingerprint density at radius 2 is 1.64 bits per heavy atom. The summed E-state index contributed by atoms with van der Waals surface area (Å²) in [5.41, 5.74) is 0. The standard InChI is InChI=1S/C10H22N2.2ClH/c1-3-9(4-2)12-10-5-7-11-8-6-10;;/h9-12H,3-8H2,1-2H3;2*1H. The van der Waals surface area contributed by atoms with Crippen LogP contribution in [0.3, 0.4) is 0 Å². The van der Waals surface area contributed by atoms with Gasteiger partial charge in [0.05, 0.1) is 0 Å². The molecule has 1 saturated heterocycles. The monoisotopic (exact) mass is 242 g/mol. The number of hydrogen-bond donors (Lipinski definition) is 2. The van der Waals surface area contributed by atoms with Crippen molar-refractivity contribution < 1.29 is 0 Å². The van der Waals surface area contributed by atoms with Crippen molar-refractivity contribution >= 4 is 24.8 Å². The SMILES string of the molecule is CCC(CC)NC1CCNCC1.Cl.Cl. The molecule has 0 bridgehead atoms. The van der Waals surface area contributed by atoms with Crippen LogP contribution in [-0.2, 0) is 0 Å². The minimum atomic E-state index is 0. The van der Waals surface area contributed by atoms with E-state index in [-0.39, 0.29) is 24.8 Å². The molecule has 2 nitrogen and oxygen atoms in total. The van der Waals surface area contributed by atoms with Crippen LogP contribution in [-0.4, -0.2) is 25.2 Å². The molecule has 0 spiro atoms. The maximum atomic E-state index is 3.72. The molecule has 2 N–H and O–H groups in total. The lowest BCUT2D eigenvalue weighted by molar-refractivity contribution is 0.337. The van der Waals surface area contributed by atoms with Gasteiger partial charge in [0, 0.05) is 12.1 Å². The predicted molar refractivity (Wildman–Crippen MR) is 67.9 cm³/mol. The molecule has 0 radical (unpaired) electrons. The summed E-state index contributed by atoms with van der Waals surface area (Å²) in [6.07, 6.45) is 5.13. The molecule has 0 amide bonds. The zero-order valence-corrected chi connectivity index (χ0v) is 10.8. The van der Waals surface area contributed by atoms with Gasteiger partial charge >= 0.3 is 0 Å². The second-order valence-electron chi connectivity index (χ2n) is 3.70. The van der Waals surface area contributed by atoms with Gasteiger partial charge in [0.2, 0.25) is 0 Å². The largest absolute Gasteiger partial charge is 0.317 e. The fourth-order valence-corrected chi connectivity index (χ4v) is 1.85. The van der Waals surface area contributed by atoms with Gasteiger partial charge in [0.15, 0.2) is 0 Å². The third-order valence-corrected chi connectivity index (χ3v) is 2.80. The topological polar surface area (TPSA) is 24.1 Å². The molecule has 1 fully saturated rings. The van der Waals surface area contributed by atoms with E-state index in [2.05, 4.69) is 24.5 Å². The lowest BCUT2D eigenvalue weighted by atomic mass is 10.0. The van der Waals surface area contributed by atoms with E-state index < -0.39 is 0 Å². The van der Waals surface area contributed by atoms with Crippen LogP contribution in [0.1, 0.15) is 39.5 Å². The van der Waals surface area contributed by atoms with Gasteiger partial charge in [-0.3, -0.25) is 0 Å². The van der Waals surface area contributed by atoms with Gasteiger partial charge < -0.3 is 10.6 Å². The molecule has 0 atom stereocenters. The Labute approximate surface area is 100 Å². The first-order valence-electron chi connectivity index (χ1n) is 5.33. The Morgan fingerprint density at radius 3 is 2.07 bits per heavy atom. The second-order valence-corrected chi connectivity index (χ2v) is 3.70. The zero-order valence-electron chi connectivity index (χ0n) is 9.21. The van der Waals surface area contributed by atoms with E-state index in [4.69, 9.17) is 0 Å². The fraction of sp³-hybridized carbons (Fsp3) is 1.00. The van der Waals surface area contributed by atoms with Gasteiger partial charge in [-0.15, -0.1) is 24.8 Å². The Balaban J connectivity index is 0. The predicted octanol–water partition coefficient (Wildman–Crippen LogP) is 2.36. The van der Waals surface area contributed by atoms with Crippen molar-refractivity contribution in [1.82, 2.24) is 10.6 Å². The average Bonchev–Trinajstić information content (AvgIpc) is 2.16. The van der Waals surface area contributed by atoms with Crippen LogP contribution in [0.4, 0.5) is 0 Å². The highest BCUT2D eigenvalue weighted by Crippen LogP contribution is 2.06. The molecule has 1 rings (SSSR count). The lowest BCUT2D eigenvalue weighted by Crippen LogP contribution is -2.44. The summed E-state index contributed by atoms with van der Waals surface area (Å²) in [5, 5.41) is 7.10. The van der Waals surface area contributed by atoms with Crippen molar-refractivity contribution in [2.45, 2.75) is 51.6 Å². The van der Waals surface area contributed by atoms with Crippen molar-refractivity contribution in [2.75, 3.05) is 13.1 Å². The highest BCUT2D eigenvalue weighted by molar-refractivity contribution is 5.85. The maximum absolute atomic E-state index is 3.72. The third kappa shape index (κ3) is 6.07. The van der Waals surface area contributed by atoms with Crippen LogP contribution >= 0.6 is 24.8 Å². The minimum absolute atomic E-state index is 0. The van der Waals surface area contributed by atoms with Gasteiger partial charge in [0.25, 0.3) is 0 Å². The minimum Gasteiger partial charge on any atom is -0.317 e. The Hall–Kier alpha value is 0.500. The smallest absolute Gasteiger partial charge is 0.00938 e. The molecule has 1 aliphatic rings. The molecule has 1 heterocycles. The van der Waals surface area contributed by atoms with Crippen LogP contribution in [0.25, 0.3) is 0 Å². The fourth-order valence-electron chi connectivity index (χ4n) is 1.85. The molecule has 88 valence electrons. The summed E-state index contributed by atoms with van der Waals surface area (Å²) in [7, 11) is 0. The molecule has 14 heavy (non-hydrogen) atoms. The summed E-state index contributed by atoms with van der Waals surface area (Å²) in [4.78, 5) is 0. The van der Waals surface area contributed by atoms with Crippen LogP contribution in [0.15, 0.2) is 0 Å². The quantitative estimate of drug-likeness (QED) is 0.792. The van der Waals surface area contributed by atoms with E-state index in [0.717, 1.165) is 12.1 Å². The van der Waals surface area contributed by atoms with Crippen LogP contribution < -0.4 is 10.6 Å². The molecular weight excluding hydrogens is 219 g/mol. The molecule has 0 aliphatic carbocycles. The van der Waals surface area contributed by atoms with Crippen LogP contribution in [0, 0.1) is 0 Å². The Morgan fingerprint density at radius 1 is 1.14 bits per heavy atom. The van der Waals surface area contributed by atoms with Crippen molar-refractivity contribution in [3.05, 3.63) is 0 Å². The lowest BCUT2D eigenvalue weighted by Gasteiger charge is -2.27. The molecular formula is C10H24Cl2N2. The Kier molecular flexibility index (Phi) is 12.1. The van der Waals surface area contributed by atoms with Crippen LogP contribution in [0.2, 0.25) is 0 Å². The summed E-state index contributed by atoms with van der Waals surface area (Å²) < 4.78 is 0. The molecule has 0 unspecified atom stereocenters. The molecule has 0 aromatic carbocycles. The number of nitrogens with one attached hydrogen (secondary N) is 2. The first-order chi connectivity index (χ1) is 5.86. The molecule has 1 aliphatic heterocycles. The highest BCUT2D eigenvalue weighted by atomic mass is 35.5. The molecule has 0 aromatic heterocycles. The zero-order chi connectivity index (χ0) is 8.81. The molecule has 0 aromatic rings. The first kappa shape index (κ1) is 16.9. The number of hydrogen-bond acceptors (Lipinski definition) is 2. The van der Waals surface area contributed by atoms with Gasteiger partial charge in [0.1, 0.15) is 0 Å². The highest BCUT2D eigenvalue weighted by Gasteiger charge is 2.14. The molecule has 0 saturated carbocycles. The number of piperidine rings is 1. The third-order valence-electron chi connectivity index (χ3n) is 2.80. The Bertz CT molecular complexity index is 113. The van der Waals surface area contributed by atoms with E-state index in [1.807, 2.05) is 0 Å². The van der Waals surface area contributed by atoms with Crippen molar-refractivity contribution in [3.8, 4) is 0 Å². The number of rotatable bonds is 4. The van der Waals surface area contributed by atoms with Crippen molar-refractivity contribution in [3.63, 3.8) is 0 Å². The maximum Gasteiger partial charge on any atom is 0.00938 e. The van der Waals surface area contributed by atoms with Crippen LogP contribution in [0.5, 0.6) is 0 Å². The van der Waals surface area contributed by atoms with E-state index in [1.165, 1.54) is 38.8 Å².